The maximum atomic E-state index is 13.8. The quantitative estimate of drug-likeness (QED) is 0.0932. The van der Waals surface area contributed by atoms with Crippen LogP contribution in [0.4, 0.5) is 11.4 Å². The van der Waals surface area contributed by atoms with Crippen molar-refractivity contribution in [2.75, 3.05) is 9.80 Å². The van der Waals surface area contributed by atoms with Gasteiger partial charge < -0.3 is 0 Å². The number of carbonyl (C=O) groups excluding carboxylic acids is 6. The SMILES string of the molecule is O=C1C(c2ccccc2)=CC(=C2C=C(c3ccccc3)C(=O)C(c3ccccc3)=C2)C=C1c1ccccc1.O=C1c2ccc3c4ccc5c6c(ccc(c7ccc(c2c37)C(=O)N1c1ccccc1)c64)C(=O)N(c1ccccc1)C5=O. The summed E-state index contributed by atoms with van der Waals surface area (Å²) in [5, 5.41) is 6.37. The molecule has 11 aromatic rings. The van der Waals surface area contributed by atoms with Crippen molar-refractivity contribution in [2.24, 2.45) is 0 Å². The van der Waals surface area contributed by atoms with Crippen LogP contribution < -0.4 is 9.80 Å². The Morgan fingerprint density at radius 1 is 0.225 bits per heavy atom. The monoisotopic (exact) mass is 1030 g/mol. The van der Waals surface area contributed by atoms with Gasteiger partial charge in [0.15, 0.2) is 11.6 Å². The zero-order valence-corrected chi connectivity index (χ0v) is 42.6. The summed E-state index contributed by atoms with van der Waals surface area (Å²) in [6, 6.07) is 71.7. The molecule has 0 aromatic heterocycles. The predicted molar refractivity (Wildman–Crippen MR) is 318 cm³/mol. The van der Waals surface area contributed by atoms with Gasteiger partial charge in [-0.2, -0.15) is 0 Å². The molecule has 0 atom stereocenters. The molecule has 2 aliphatic carbocycles. The van der Waals surface area contributed by atoms with E-state index in [1.807, 2.05) is 182 Å². The van der Waals surface area contributed by atoms with E-state index in [2.05, 4.69) is 0 Å². The van der Waals surface area contributed by atoms with Gasteiger partial charge in [-0.05, 0) is 139 Å². The summed E-state index contributed by atoms with van der Waals surface area (Å²) >= 11 is 0. The summed E-state index contributed by atoms with van der Waals surface area (Å²) < 4.78 is 0. The van der Waals surface area contributed by atoms with Crippen LogP contribution in [0.1, 0.15) is 63.7 Å². The third-order valence-corrected chi connectivity index (χ3v) is 15.5. The number of benzene rings is 11. The van der Waals surface area contributed by atoms with E-state index in [0.29, 0.717) is 66.7 Å². The Kier molecular flexibility index (Phi) is 11.2. The minimum absolute atomic E-state index is 0.0156. The number of hydrogen-bond donors (Lipinski definition) is 0. The van der Waals surface area contributed by atoms with E-state index in [0.717, 1.165) is 65.7 Å². The molecule has 2 aliphatic heterocycles. The van der Waals surface area contributed by atoms with E-state index in [-0.39, 0.29) is 35.2 Å². The molecule has 80 heavy (non-hydrogen) atoms. The molecule has 2 heterocycles. The Morgan fingerprint density at radius 3 is 0.688 bits per heavy atom. The number of carbonyl (C=O) groups is 6. The second-order valence-corrected chi connectivity index (χ2v) is 20.0. The minimum atomic E-state index is -0.365. The first-order valence-electron chi connectivity index (χ1n) is 26.2. The number of allylic oxidation sites excluding steroid dienone is 10. The van der Waals surface area contributed by atoms with E-state index in [1.54, 1.807) is 72.8 Å². The van der Waals surface area contributed by atoms with Crippen molar-refractivity contribution in [2.45, 2.75) is 0 Å². The molecule has 0 spiro atoms. The molecule has 0 saturated heterocycles. The Labute approximate surface area is 458 Å². The number of rotatable bonds is 6. The van der Waals surface area contributed by atoms with Gasteiger partial charge in [-0.15, -0.1) is 0 Å². The van der Waals surface area contributed by atoms with Gasteiger partial charge >= 0.3 is 0 Å². The average molecular weight is 1030 g/mol. The van der Waals surface area contributed by atoms with Crippen LogP contribution in [0.25, 0.3) is 65.4 Å². The fourth-order valence-corrected chi connectivity index (χ4v) is 11.8. The molecular formula is C72H42N2O6. The lowest BCUT2D eigenvalue weighted by Gasteiger charge is -2.30. The zero-order chi connectivity index (χ0) is 54.2. The Balaban J connectivity index is 0.000000145. The lowest BCUT2D eigenvalue weighted by atomic mass is 9.81. The van der Waals surface area contributed by atoms with Gasteiger partial charge in [0.25, 0.3) is 23.6 Å². The molecule has 8 heteroatoms. The largest absolute Gasteiger partial charge is 0.289 e. The van der Waals surface area contributed by atoms with Crippen molar-refractivity contribution in [1.82, 2.24) is 0 Å². The standard InChI is InChI=1S/C36H18N2O4.C36H24O2/c39-33-25-15-11-21-23-13-17-27-32-28(36(42)38(35(27)41)20-9-5-2-6-10-20)18-14-24(30(23)32)22-12-16-26(31(25)29(21)22)34(40)37(33)19-7-3-1-4-8-19;37-35-31(25-13-5-1-6-14-25)21-29(22-32(35)26-15-7-2-8-16-26)30-23-33(27-17-9-3-10-18-27)36(38)34(24-30)28-19-11-4-12-20-28/h1-18H;1-24H. The highest BCUT2D eigenvalue weighted by Crippen LogP contribution is 2.47. The lowest BCUT2D eigenvalue weighted by molar-refractivity contribution is -0.109. The zero-order valence-electron chi connectivity index (χ0n) is 42.6. The maximum absolute atomic E-state index is 13.8. The molecular weight excluding hydrogens is 989 g/mol. The fourth-order valence-electron chi connectivity index (χ4n) is 11.8. The first kappa shape index (κ1) is 47.5. The molecule has 0 fully saturated rings. The molecule has 0 saturated carbocycles. The Morgan fingerprint density at radius 2 is 0.450 bits per heavy atom. The van der Waals surface area contributed by atoms with Crippen LogP contribution >= 0.6 is 0 Å². The van der Waals surface area contributed by atoms with Crippen molar-refractivity contribution in [3.8, 4) is 0 Å². The third kappa shape index (κ3) is 7.53. The summed E-state index contributed by atoms with van der Waals surface area (Å²) in [6.07, 6.45) is 7.81. The highest BCUT2D eigenvalue weighted by molar-refractivity contribution is 6.47. The molecule has 4 aliphatic rings. The van der Waals surface area contributed by atoms with Crippen molar-refractivity contribution >= 4 is 112 Å². The van der Waals surface area contributed by atoms with E-state index >= 15 is 0 Å². The Bertz CT molecular complexity index is 4110. The van der Waals surface area contributed by atoms with Crippen molar-refractivity contribution in [1.29, 1.82) is 0 Å². The van der Waals surface area contributed by atoms with Gasteiger partial charge in [0, 0.05) is 55.3 Å². The van der Waals surface area contributed by atoms with Crippen molar-refractivity contribution in [3.63, 3.8) is 0 Å². The number of ketones is 2. The molecule has 4 amide bonds. The van der Waals surface area contributed by atoms with Crippen molar-refractivity contribution < 1.29 is 28.8 Å². The first-order chi connectivity index (χ1) is 39.2. The molecule has 0 bridgehead atoms. The summed E-state index contributed by atoms with van der Waals surface area (Å²) in [5.41, 5.74) is 10.7. The molecule has 0 N–H and O–H groups in total. The van der Waals surface area contributed by atoms with E-state index in [4.69, 9.17) is 0 Å². The number of hydrogen-bond acceptors (Lipinski definition) is 6. The predicted octanol–water partition coefficient (Wildman–Crippen LogP) is 15.1. The molecule has 8 nitrogen and oxygen atoms in total. The smallest absolute Gasteiger partial charge is 0.265 e. The number of para-hydroxylation sites is 2. The third-order valence-electron chi connectivity index (χ3n) is 15.5. The van der Waals surface area contributed by atoms with Crippen LogP contribution in [-0.4, -0.2) is 35.2 Å². The summed E-state index contributed by atoms with van der Waals surface area (Å²) in [7, 11) is 0. The van der Waals surface area contributed by atoms with E-state index in [1.165, 1.54) is 9.80 Å². The van der Waals surface area contributed by atoms with Crippen LogP contribution in [0, 0.1) is 0 Å². The minimum Gasteiger partial charge on any atom is -0.289 e. The molecule has 0 radical (unpaired) electrons. The Hall–Kier alpha value is -11.0. The van der Waals surface area contributed by atoms with Gasteiger partial charge in [-0.1, -0.05) is 182 Å². The van der Waals surface area contributed by atoms with Gasteiger partial charge in [-0.25, -0.2) is 9.80 Å². The summed E-state index contributed by atoms with van der Waals surface area (Å²) in [6.45, 7) is 0. The number of imide groups is 2. The normalized spacial score (nSPS) is 15.1. The lowest BCUT2D eigenvalue weighted by Crippen LogP contribution is -2.40. The summed E-state index contributed by atoms with van der Waals surface area (Å²) in [4.78, 5) is 85.0. The maximum Gasteiger partial charge on any atom is 0.265 e. The second kappa shape index (κ2) is 18.9. The van der Waals surface area contributed by atoms with Crippen LogP contribution in [0.15, 0.2) is 266 Å². The van der Waals surface area contributed by atoms with Crippen LogP contribution in [0.2, 0.25) is 0 Å². The van der Waals surface area contributed by atoms with Crippen LogP contribution in [-0.2, 0) is 9.59 Å². The number of Topliss-reactive ketones (excluding diaryl/α,β-unsaturated/α-hetero) is 2. The van der Waals surface area contributed by atoms with E-state index in [9.17, 15) is 28.8 Å². The number of anilines is 2. The van der Waals surface area contributed by atoms with Crippen molar-refractivity contribution in [3.05, 3.63) is 310 Å². The fraction of sp³-hybridized carbons (Fsp3) is 0. The van der Waals surface area contributed by atoms with Crippen LogP contribution in [0.5, 0.6) is 0 Å². The van der Waals surface area contributed by atoms with Gasteiger partial charge in [0.2, 0.25) is 0 Å². The van der Waals surface area contributed by atoms with Gasteiger partial charge in [-0.3, -0.25) is 28.8 Å². The highest BCUT2D eigenvalue weighted by atomic mass is 16.2. The van der Waals surface area contributed by atoms with Gasteiger partial charge in [0.1, 0.15) is 0 Å². The average Bonchev–Trinajstić information content (AvgIpc) is 3.66. The number of fused-ring (bicyclic) bond motifs is 2. The highest BCUT2D eigenvalue weighted by Gasteiger charge is 2.38. The van der Waals surface area contributed by atoms with E-state index < -0.39 is 0 Å². The number of amides is 4. The molecule has 376 valence electrons. The molecule has 15 rings (SSSR count). The topological polar surface area (TPSA) is 109 Å². The van der Waals surface area contributed by atoms with Gasteiger partial charge in [0.05, 0.1) is 11.4 Å². The first-order valence-corrected chi connectivity index (χ1v) is 26.2. The summed E-state index contributed by atoms with van der Waals surface area (Å²) in [5.74, 6) is -1.49. The molecule has 11 aromatic carbocycles. The molecule has 0 unspecified atom stereocenters. The van der Waals surface area contributed by atoms with Crippen LogP contribution in [0.3, 0.4) is 0 Å². The number of nitrogens with zero attached hydrogens (tertiary/aromatic N) is 2. The second-order valence-electron chi connectivity index (χ2n) is 20.0.